The number of amides is 1. The van der Waals surface area contributed by atoms with Crippen LogP contribution in [0.3, 0.4) is 0 Å². The van der Waals surface area contributed by atoms with Crippen molar-refractivity contribution in [1.82, 2.24) is 0 Å². The Labute approximate surface area is 118 Å². The maximum Gasteiger partial charge on any atom is 0.266 e. The normalized spacial score (nSPS) is 10.8. The van der Waals surface area contributed by atoms with Crippen molar-refractivity contribution >= 4 is 33.6 Å². The second-order valence-electron chi connectivity index (χ2n) is 3.62. The Morgan fingerprint density at radius 3 is 2.74 bits per heavy atom. The van der Waals surface area contributed by atoms with Crippen LogP contribution in [0.15, 0.2) is 57.1 Å². The Balaban J connectivity index is 2.19. The molecule has 2 aromatic rings. The van der Waals surface area contributed by atoms with Gasteiger partial charge in [-0.1, -0.05) is 12.1 Å². The van der Waals surface area contributed by atoms with E-state index in [4.69, 9.17) is 9.68 Å². The first-order valence-corrected chi connectivity index (χ1v) is 6.21. The first-order chi connectivity index (χ1) is 9.20. The van der Waals surface area contributed by atoms with E-state index in [1.54, 1.807) is 30.3 Å². The Morgan fingerprint density at radius 2 is 2.11 bits per heavy atom. The van der Waals surface area contributed by atoms with Gasteiger partial charge in [-0.3, -0.25) is 4.79 Å². The highest BCUT2D eigenvalue weighted by molar-refractivity contribution is 9.10. The van der Waals surface area contributed by atoms with Gasteiger partial charge in [-0.15, -0.1) is 0 Å². The van der Waals surface area contributed by atoms with E-state index in [1.807, 2.05) is 12.1 Å². The van der Waals surface area contributed by atoms with Gasteiger partial charge in [0, 0.05) is 10.5 Å². The zero-order valence-electron chi connectivity index (χ0n) is 9.76. The molecular weight excluding hydrogens is 308 g/mol. The highest BCUT2D eigenvalue weighted by Crippen LogP contribution is 2.22. The average molecular weight is 317 g/mol. The fourth-order valence-corrected chi connectivity index (χ4v) is 1.80. The van der Waals surface area contributed by atoms with Gasteiger partial charge in [0.25, 0.3) is 5.91 Å². The molecule has 0 fully saturated rings. The Bertz CT molecular complexity index is 654. The van der Waals surface area contributed by atoms with Crippen molar-refractivity contribution < 1.29 is 9.21 Å². The molecule has 1 aromatic heterocycles. The number of hydrogen-bond acceptors (Lipinski definition) is 3. The topological polar surface area (TPSA) is 66.0 Å². The van der Waals surface area contributed by atoms with Crippen LogP contribution in [-0.4, -0.2) is 5.91 Å². The number of nitrogens with one attached hydrogen (secondary N) is 1. The number of para-hydroxylation sites is 1. The van der Waals surface area contributed by atoms with Crippen LogP contribution in [0.25, 0.3) is 6.08 Å². The molecule has 1 heterocycles. The fraction of sp³-hybridized carbons (Fsp3) is 0. The molecule has 0 bridgehead atoms. The molecule has 0 aliphatic rings. The molecule has 0 spiro atoms. The Morgan fingerprint density at radius 1 is 1.32 bits per heavy atom. The predicted molar refractivity (Wildman–Crippen MR) is 75.1 cm³/mol. The largest absolute Gasteiger partial charge is 0.465 e. The van der Waals surface area contributed by atoms with Crippen LogP contribution in [-0.2, 0) is 4.79 Å². The lowest BCUT2D eigenvalue weighted by Gasteiger charge is -2.05. The summed E-state index contributed by atoms with van der Waals surface area (Å²) >= 11 is 3.32. The molecule has 1 aromatic carbocycles. The number of carbonyl (C=O) groups excluding carboxylic acids is 1. The number of hydrogen-bond donors (Lipinski definition) is 1. The zero-order chi connectivity index (χ0) is 13.7. The molecular formula is C14H9BrN2O2. The van der Waals surface area contributed by atoms with Crippen LogP contribution < -0.4 is 5.32 Å². The molecule has 4 nitrogen and oxygen atoms in total. The smallest absolute Gasteiger partial charge is 0.266 e. The van der Waals surface area contributed by atoms with Gasteiger partial charge in [-0.25, -0.2) is 0 Å². The van der Waals surface area contributed by atoms with Crippen molar-refractivity contribution in [2.75, 3.05) is 5.32 Å². The second kappa shape index (κ2) is 6.03. The van der Waals surface area contributed by atoms with E-state index in [2.05, 4.69) is 21.2 Å². The van der Waals surface area contributed by atoms with Crippen LogP contribution in [0.4, 0.5) is 5.69 Å². The van der Waals surface area contributed by atoms with E-state index in [-0.39, 0.29) is 5.57 Å². The minimum atomic E-state index is -0.481. The molecule has 0 saturated heterocycles. The molecule has 1 amide bonds. The maximum atomic E-state index is 12.0. The lowest BCUT2D eigenvalue weighted by atomic mass is 10.2. The Kier molecular flexibility index (Phi) is 4.16. The van der Waals surface area contributed by atoms with Gasteiger partial charge in [0.15, 0.2) is 0 Å². The molecule has 0 saturated carbocycles. The lowest BCUT2D eigenvalue weighted by molar-refractivity contribution is -0.112. The van der Waals surface area contributed by atoms with Gasteiger partial charge in [-0.2, -0.15) is 5.26 Å². The van der Waals surface area contributed by atoms with Crippen molar-refractivity contribution in [2.24, 2.45) is 0 Å². The summed E-state index contributed by atoms with van der Waals surface area (Å²) in [5.41, 5.74) is 0.582. The minimum absolute atomic E-state index is 0.0225. The summed E-state index contributed by atoms with van der Waals surface area (Å²) in [6.07, 6.45) is 2.87. The highest BCUT2D eigenvalue weighted by atomic mass is 79.9. The molecule has 0 aliphatic carbocycles. The van der Waals surface area contributed by atoms with Crippen molar-refractivity contribution in [2.45, 2.75) is 0 Å². The average Bonchev–Trinajstić information content (AvgIpc) is 2.91. The molecule has 94 valence electrons. The second-order valence-corrected chi connectivity index (χ2v) is 4.47. The fourth-order valence-electron chi connectivity index (χ4n) is 1.42. The number of anilines is 1. The number of carbonyl (C=O) groups is 1. The summed E-state index contributed by atoms with van der Waals surface area (Å²) in [5.74, 6) is -0.0235. The van der Waals surface area contributed by atoms with E-state index >= 15 is 0 Å². The van der Waals surface area contributed by atoms with Gasteiger partial charge < -0.3 is 9.73 Å². The molecule has 5 heteroatoms. The first kappa shape index (κ1) is 13.1. The molecule has 2 rings (SSSR count). The van der Waals surface area contributed by atoms with Gasteiger partial charge in [-0.05, 0) is 40.2 Å². The monoisotopic (exact) mass is 316 g/mol. The van der Waals surface area contributed by atoms with Gasteiger partial charge in [0.05, 0.1) is 12.0 Å². The van der Waals surface area contributed by atoms with Crippen LogP contribution in [0.1, 0.15) is 5.76 Å². The summed E-state index contributed by atoms with van der Waals surface area (Å²) in [5, 5.41) is 11.7. The summed E-state index contributed by atoms with van der Waals surface area (Å²) in [6, 6.07) is 12.4. The standard InChI is InChI=1S/C14H9BrN2O2/c15-12-5-1-2-6-13(12)17-14(18)10(9-16)8-11-4-3-7-19-11/h1-8H,(H,17,18)/b10-8-. The number of nitrogens with zero attached hydrogens (tertiary/aromatic N) is 1. The van der Waals surface area contributed by atoms with E-state index in [0.717, 1.165) is 4.47 Å². The Hall–Kier alpha value is -2.32. The third-order valence-electron chi connectivity index (χ3n) is 2.32. The third-order valence-corrected chi connectivity index (χ3v) is 3.01. The summed E-state index contributed by atoms with van der Waals surface area (Å²) in [6.45, 7) is 0. The van der Waals surface area contributed by atoms with Crippen molar-refractivity contribution in [3.63, 3.8) is 0 Å². The minimum Gasteiger partial charge on any atom is -0.465 e. The van der Waals surface area contributed by atoms with E-state index in [1.165, 1.54) is 12.3 Å². The first-order valence-electron chi connectivity index (χ1n) is 5.42. The SMILES string of the molecule is N#C/C(=C/c1ccco1)C(=O)Nc1ccccc1Br. The number of halogens is 1. The van der Waals surface area contributed by atoms with E-state index in [9.17, 15) is 4.79 Å². The van der Waals surface area contributed by atoms with Gasteiger partial charge in [0.1, 0.15) is 17.4 Å². The molecule has 0 radical (unpaired) electrons. The lowest BCUT2D eigenvalue weighted by Crippen LogP contribution is -2.13. The van der Waals surface area contributed by atoms with Gasteiger partial charge in [0.2, 0.25) is 0 Å². The quantitative estimate of drug-likeness (QED) is 0.695. The highest BCUT2D eigenvalue weighted by Gasteiger charge is 2.11. The van der Waals surface area contributed by atoms with Crippen molar-refractivity contribution in [3.05, 3.63) is 58.5 Å². The van der Waals surface area contributed by atoms with Gasteiger partial charge >= 0.3 is 0 Å². The number of nitriles is 1. The molecule has 0 atom stereocenters. The molecule has 1 N–H and O–H groups in total. The van der Waals surface area contributed by atoms with E-state index < -0.39 is 5.91 Å². The zero-order valence-corrected chi connectivity index (χ0v) is 11.3. The molecule has 0 aliphatic heterocycles. The number of rotatable bonds is 3. The summed E-state index contributed by atoms with van der Waals surface area (Å²) < 4.78 is 5.82. The number of furan rings is 1. The van der Waals surface area contributed by atoms with E-state index in [0.29, 0.717) is 11.4 Å². The number of benzene rings is 1. The molecule has 0 unspecified atom stereocenters. The summed E-state index contributed by atoms with van der Waals surface area (Å²) in [4.78, 5) is 12.0. The summed E-state index contributed by atoms with van der Waals surface area (Å²) in [7, 11) is 0. The predicted octanol–water partition coefficient (Wildman–Crippen LogP) is 3.59. The third kappa shape index (κ3) is 3.33. The molecule has 19 heavy (non-hydrogen) atoms. The maximum absolute atomic E-state index is 12.0. The van der Waals surface area contributed by atoms with Crippen LogP contribution in [0.2, 0.25) is 0 Å². The van der Waals surface area contributed by atoms with Crippen LogP contribution in [0.5, 0.6) is 0 Å². The van der Waals surface area contributed by atoms with Crippen molar-refractivity contribution in [3.8, 4) is 6.07 Å². The van der Waals surface area contributed by atoms with Crippen LogP contribution >= 0.6 is 15.9 Å². The van der Waals surface area contributed by atoms with Crippen LogP contribution in [0, 0.1) is 11.3 Å². The van der Waals surface area contributed by atoms with Crippen molar-refractivity contribution in [1.29, 1.82) is 5.26 Å².